The lowest BCUT2D eigenvalue weighted by Gasteiger charge is -2.58. The molecule has 2 N–H and O–H groups in total. The number of ether oxygens (including phenoxy) is 1. The molecule has 2 aliphatic carbocycles. The summed E-state index contributed by atoms with van der Waals surface area (Å²) in [5.41, 5.74) is 4.35. The van der Waals surface area contributed by atoms with E-state index in [4.69, 9.17) is 4.74 Å². The van der Waals surface area contributed by atoms with Crippen molar-refractivity contribution in [3.63, 3.8) is 0 Å². The van der Waals surface area contributed by atoms with Gasteiger partial charge in [0.15, 0.2) is 5.60 Å². The van der Waals surface area contributed by atoms with E-state index in [1.807, 2.05) is 61.5 Å². The number of cyclic esters (lactones) is 1. The van der Waals surface area contributed by atoms with Gasteiger partial charge in [-0.15, -0.1) is 0 Å². The molecule has 0 spiro atoms. The Labute approximate surface area is 255 Å². The van der Waals surface area contributed by atoms with Crippen molar-refractivity contribution >= 4 is 23.0 Å². The van der Waals surface area contributed by atoms with Gasteiger partial charge < -0.3 is 20.3 Å². The molecule has 0 saturated carbocycles. The number of hydrogen-bond acceptors (Lipinski definition) is 5. The Morgan fingerprint density at radius 3 is 1.67 bits per heavy atom. The van der Waals surface area contributed by atoms with Gasteiger partial charge in [0.05, 0.1) is 28.5 Å². The third-order valence-corrected chi connectivity index (χ3v) is 9.61. The maximum atomic E-state index is 14.1. The minimum absolute atomic E-state index is 0.179. The SMILES string of the molecule is CC1=CC(Nc2ccccc2)C(C)(C2(C3(C)C=CC(C)=CC3Nc3ccccc3)OC(=O)c3cc(N(C)C)ccc32)C=C1. The fraction of sp³-hybridized carbons (Fsp3) is 0.289. The molecule has 6 rings (SSSR count). The molecule has 0 radical (unpaired) electrons. The Morgan fingerprint density at radius 1 is 0.721 bits per heavy atom. The summed E-state index contributed by atoms with van der Waals surface area (Å²) >= 11 is 0. The summed E-state index contributed by atoms with van der Waals surface area (Å²) in [6, 6.07) is 26.4. The van der Waals surface area contributed by atoms with E-state index in [2.05, 4.69) is 111 Å². The Kier molecular flexibility index (Phi) is 7.08. The van der Waals surface area contributed by atoms with Gasteiger partial charge in [-0.1, -0.05) is 90.1 Å². The largest absolute Gasteiger partial charge is 0.448 e. The smallest absolute Gasteiger partial charge is 0.339 e. The molecule has 43 heavy (non-hydrogen) atoms. The van der Waals surface area contributed by atoms with Crippen LogP contribution in [0.4, 0.5) is 17.1 Å². The standard InChI is InChI=1S/C38H41N3O2/c1-26-19-21-36(3,33(23-26)39-28-13-9-7-10-14-28)38(32-18-17-30(41(5)6)25-31(32)35(42)43-38)37(4)22-20-27(2)24-34(37)40-29-15-11-8-12-16-29/h7-25,33-34,39-40H,1-6H3. The summed E-state index contributed by atoms with van der Waals surface area (Å²) in [6.45, 7) is 8.71. The van der Waals surface area contributed by atoms with Gasteiger partial charge in [-0.3, -0.25) is 0 Å². The monoisotopic (exact) mass is 571 g/mol. The Balaban J connectivity index is 1.61. The minimum atomic E-state index is -1.09. The number of para-hydroxylation sites is 2. The zero-order chi connectivity index (χ0) is 30.4. The molecule has 3 aromatic carbocycles. The summed E-state index contributed by atoms with van der Waals surface area (Å²) in [6.07, 6.45) is 13.4. The Morgan fingerprint density at radius 2 is 1.21 bits per heavy atom. The van der Waals surface area contributed by atoms with Crippen molar-refractivity contribution in [2.75, 3.05) is 29.6 Å². The van der Waals surface area contributed by atoms with Crippen LogP contribution in [0.2, 0.25) is 0 Å². The van der Waals surface area contributed by atoms with Crippen molar-refractivity contribution in [2.45, 2.75) is 45.4 Å². The van der Waals surface area contributed by atoms with E-state index in [-0.39, 0.29) is 18.1 Å². The topological polar surface area (TPSA) is 53.6 Å². The predicted molar refractivity (Wildman–Crippen MR) is 178 cm³/mol. The van der Waals surface area contributed by atoms with Crippen molar-refractivity contribution in [1.82, 2.24) is 0 Å². The van der Waals surface area contributed by atoms with Gasteiger partial charge >= 0.3 is 5.97 Å². The van der Waals surface area contributed by atoms with Gasteiger partial charge in [-0.2, -0.15) is 0 Å². The molecule has 0 amide bonds. The number of carbonyl (C=O) groups is 1. The van der Waals surface area contributed by atoms with Gasteiger partial charge in [-0.05, 0) is 64.1 Å². The van der Waals surface area contributed by atoms with Crippen LogP contribution in [0.3, 0.4) is 0 Å². The first-order valence-electron chi connectivity index (χ1n) is 15.0. The lowest BCUT2D eigenvalue weighted by Crippen LogP contribution is -2.64. The van der Waals surface area contributed by atoms with E-state index in [0.29, 0.717) is 5.56 Å². The molecule has 3 aromatic rings. The van der Waals surface area contributed by atoms with Crippen LogP contribution in [0.25, 0.3) is 0 Å². The zero-order valence-electron chi connectivity index (χ0n) is 25.9. The first kappa shape index (κ1) is 28.6. The van der Waals surface area contributed by atoms with Crippen molar-refractivity contribution in [3.05, 3.63) is 138 Å². The van der Waals surface area contributed by atoms with E-state index in [0.717, 1.165) is 33.8 Å². The second-order valence-electron chi connectivity index (χ2n) is 12.7. The quantitative estimate of drug-likeness (QED) is 0.281. The highest BCUT2D eigenvalue weighted by molar-refractivity contribution is 5.96. The van der Waals surface area contributed by atoms with Crippen molar-refractivity contribution < 1.29 is 9.53 Å². The maximum Gasteiger partial charge on any atom is 0.339 e. The lowest BCUT2D eigenvalue weighted by molar-refractivity contribution is -0.136. The predicted octanol–water partition coefficient (Wildman–Crippen LogP) is 8.12. The minimum Gasteiger partial charge on any atom is -0.448 e. The molecular formula is C38H41N3O2. The van der Waals surface area contributed by atoms with Crippen molar-refractivity contribution in [2.24, 2.45) is 10.8 Å². The molecule has 0 saturated heterocycles. The third-order valence-electron chi connectivity index (χ3n) is 9.61. The fourth-order valence-electron chi connectivity index (χ4n) is 7.20. The van der Waals surface area contributed by atoms with E-state index >= 15 is 0 Å². The number of anilines is 3. The summed E-state index contributed by atoms with van der Waals surface area (Å²) in [5, 5.41) is 7.64. The number of hydrogen-bond donors (Lipinski definition) is 2. The average molecular weight is 572 g/mol. The van der Waals surface area contributed by atoms with Crippen molar-refractivity contribution in [1.29, 1.82) is 0 Å². The number of allylic oxidation sites excluding steroid dienone is 4. The van der Waals surface area contributed by atoms with Crippen LogP contribution in [0.1, 0.15) is 43.6 Å². The summed E-state index contributed by atoms with van der Waals surface area (Å²) < 4.78 is 6.95. The molecule has 3 aliphatic rings. The molecular weight excluding hydrogens is 530 g/mol. The summed E-state index contributed by atoms with van der Waals surface area (Å²) in [7, 11) is 3.98. The lowest BCUT2D eigenvalue weighted by atomic mass is 9.50. The molecule has 0 bridgehead atoms. The van der Waals surface area contributed by atoms with E-state index in [1.54, 1.807) is 0 Å². The molecule has 4 atom stereocenters. The van der Waals surface area contributed by atoms with Crippen LogP contribution in [0.5, 0.6) is 0 Å². The second-order valence-corrected chi connectivity index (χ2v) is 12.7. The van der Waals surface area contributed by atoms with Crippen LogP contribution in [0, 0.1) is 10.8 Å². The van der Waals surface area contributed by atoms with Gasteiger partial charge in [0, 0.05) is 36.7 Å². The van der Waals surface area contributed by atoms with Crippen LogP contribution in [0.15, 0.2) is 126 Å². The van der Waals surface area contributed by atoms with Gasteiger partial charge in [0.2, 0.25) is 0 Å². The molecule has 220 valence electrons. The molecule has 0 aromatic heterocycles. The van der Waals surface area contributed by atoms with E-state index in [1.165, 1.54) is 0 Å². The maximum absolute atomic E-state index is 14.1. The molecule has 1 heterocycles. The van der Waals surface area contributed by atoms with Gasteiger partial charge in [-0.25, -0.2) is 4.79 Å². The molecule has 4 unspecified atom stereocenters. The third kappa shape index (κ3) is 4.58. The number of benzene rings is 3. The van der Waals surface area contributed by atoms with Crippen LogP contribution in [-0.2, 0) is 10.3 Å². The number of rotatable bonds is 7. The van der Waals surface area contributed by atoms with E-state index < -0.39 is 16.4 Å². The zero-order valence-corrected chi connectivity index (χ0v) is 25.9. The summed E-state index contributed by atoms with van der Waals surface area (Å²) in [5.74, 6) is -0.294. The van der Waals surface area contributed by atoms with Crippen LogP contribution < -0.4 is 15.5 Å². The van der Waals surface area contributed by atoms with Crippen molar-refractivity contribution in [3.8, 4) is 0 Å². The van der Waals surface area contributed by atoms with E-state index in [9.17, 15) is 4.79 Å². The normalized spacial score (nSPS) is 29.3. The molecule has 0 fully saturated rings. The first-order valence-corrected chi connectivity index (χ1v) is 15.0. The molecule has 5 nitrogen and oxygen atoms in total. The highest BCUT2D eigenvalue weighted by Crippen LogP contribution is 2.64. The van der Waals surface area contributed by atoms with Crippen LogP contribution >= 0.6 is 0 Å². The number of esters is 1. The van der Waals surface area contributed by atoms with Gasteiger partial charge in [0.1, 0.15) is 0 Å². The Bertz CT molecular complexity index is 1570. The Hall–Kier alpha value is -4.51. The number of fused-ring (bicyclic) bond motifs is 1. The number of carbonyl (C=O) groups excluding carboxylic acids is 1. The summed E-state index contributed by atoms with van der Waals surface area (Å²) in [4.78, 5) is 16.1. The average Bonchev–Trinajstić information content (AvgIpc) is 3.31. The molecule has 1 aliphatic heterocycles. The molecule has 5 heteroatoms. The van der Waals surface area contributed by atoms with Crippen LogP contribution in [-0.4, -0.2) is 32.1 Å². The highest BCUT2D eigenvalue weighted by Gasteiger charge is 2.69. The second kappa shape index (κ2) is 10.6. The first-order chi connectivity index (χ1) is 20.6. The number of nitrogens with zero attached hydrogens (tertiary/aromatic N) is 1. The highest BCUT2D eigenvalue weighted by atomic mass is 16.6. The van der Waals surface area contributed by atoms with Gasteiger partial charge in [0.25, 0.3) is 0 Å². The number of nitrogens with one attached hydrogen (secondary N) is 2. The fourth-order valence-corrected chi connectivity index (χ4v) is 7.20.